The summed E-state index contributed by atoms with van der Waals surface area (Å²) in [7, 11) is 4.72. The molecule has 0 radical (unpaired) electrons. The topological polar surface area (TPSA) is 60.0 Å². The number of hydrogen-bond donors (Lipinski definition) is 1. The number of benzene rings is 2. The van der Waals surface area contributed by atoms with Crippen molar-refractivity contribution in [2.75, 3.05) is 27.9 Å². The van der Waals surface area contributed by atoms with E-state index in [9.17, 15) is 4.79 Å². The molecule has 0 aliphatic rings. The van der Waals surface area contributed by atoms with Crippen LogP contribution in [0.4, 0.5) is 4.79 Å². The van der Waals surface area contributed by atoms with Gasteiger partial charge in [-0.05, 0) is 30.2 Å². The van der Waals surface area contributed by atoms with E-state index in [-0.39, 0.29) is 6.03 Å². The summed E-state index contributed by atoms with van der Waals surface area (Å²) < 4.78 is 16.2. The zero-order chi connectivity index (χ0) is 18.9. The van der Waals surface area contributed by atoms with Crippen LogP contribution in [0.15, 0.2) is 42.5 Å². The first kappa shape index (κ1) is 19.4. The molecule has 1 N–H and O–H groups in total. The lowest BCUT2D eigenvalue weighted by molar-refractivity contribution is 0.192. The summed E-state index contributed by atoms with van der Waals surface area (Å²) in [5.41, 5.74) is 1.95. The van der Waals surface area contributed by atoms with Crippen molar-refractivity contribution in [3.63, 3.8) is 0 Å². The largest absolute Gasteiger partial charge is 0.493 e. The summed E-state index contributed by atoms with van der Waals surface area (Å²) in [5.74, 6) is 1.67. The lowest BCUT2D eigenvalue weighted by Crippen LogP contribution is -2.38. The molecule has 0 aliphatic carbocycles. The van der Waals surface area contributed by atoms with Crippen molar-refractivity contribution in [2.24, 2.45) is 0 Å². The maximum Gasteiger partial charge on any atom is 0.317 e. The summed E-state index contributed by atoms with van der Waals surface area (Å²) >= 11 is 0. The highest BCUT2D eigenvalue weighted by atomic mass is 16.5. The van der Waals surface area contributed by atoms with Crippen LogP contribution in [-0.2, 0) is 13.1 Å². The predicted molar refractivity (Wildman–Crippen MR) is 101 cm³/mol. The SMILES string of the molecule is CCNC(=O)N(Cc1ccccc1)Cc1cc(OC)c(OC)c(OC)c1. The van der Waals surface area contributed by atoms with E-state index in [1.807, 2.05) is 49.4 Å². The molecule has 26 heavy (non-hydrogen) atoms. The molecule has 6 heteroatoms. The molecule has 0 heterocycles. The van der Waals surface area contributed by atoms with Crippen molar-refractivity contribution >= 4 is 6.03 Å². The fourth-order valence-electron chi connectivity index (χ4n) is 2.71. The third-order valence-corrected chi connectivity index (χ3v) is 3.93. The molecule has 0 bridgehead atoms. The van der Waals surface area contributed by atoms with Crippen LogP contribution in [0.1, 0.15) is 18.1 Å². The van der Waals surface area contributed by atoms with Gasteiger partial charge in [-0.2, -0.15) is 0 Å². The first-order valence-electron chi connectivity index (χ1n) is 8.48. The van der Waals surface area contributed by atoms with Gasteiger partial charge >= 0.3 is 6.03 Å². The van der Waals surface area contributed by atoms with Gasteiger partial charge in [-0.1, -0.05) is 30.3 Å². The predicted octanol–water partition coefficient (Wildman–Crippen LogP) is 3.44. The summed E-state index contributed by atoms with van der Waals surface area (Å²) in [6.45, 7) is 3.39. The van der Waals surface area contributed by atoms with Gasteiger partial charge in [-0.15, -0.1) is 0 Å². The Morgan fingerprint density at radius 1 is 0.923 bits per heavy atom. The molecule has 0 spiro atoms. The van der Waals surface area contributed by atoms with Crippen LogP contribution in [0.2, 0.25) is 0 Å². The van der Waals surface area contributed by atoms with Gasteiger partial charge in [-0.3, -0.25) is 0 Å². The van der Waals surface area contributed by atoms with Crippen LogP contribution in [0.3, 0.4) is 0 Å². The quantitative estimate of drug-likeness (QED) is 0.785. The smallest absolute Gasteiger partial charge is 0.317 e. The van der Waals surface area contributed by atoms with Crippen LogP contribution in [0, 0.1) is 0 Å². The van der Waals surface area contributed by atoms with Gasteiger partial charge in [-0.25, -0.2) is 4.79 Å². The van der Waals surface area contributed by atoms with Crippen molar-refractivity contribution < 1.29 is 19.0 Å². The Kier molecular flexibility index (Phi) is 7.14. The summed E-state index contributed by atoms with van der Waals surface area (Å²) in [4.78, 5) is 14.3. The van der Waals surface area contributed by atoms with Gasteiger partial charge in [0.2, 0.25) is 5.75 Å². The average Bonchev–Trinajstić information content (AvgIpc) is 2.67. The van der Waals surface area contributed by atoms with E-state index in [1.165, 1.54) is 0 Å². The summed E-state index contributed by atoms with van der Waals surface area (Å²) in [6.07, 6.45) is 0. The standard InChI is InChI=1S/C20H26N2O4/c1-5-21-20(23)22(13-15-9-7-6-8-10-15)14-16-11-17(24-2)19(26-4)18(12-16)25-3/h6-12H,5,13-14H2,1-4H3,(H,21,23). The molecule has 0 aromatic heterocycles. The molecule has 140 valence electrons. The lowest BCUT2D eigenvalue weighted by atomic mass is 10.1. The molecule has 0 saturated heterocycles. The van der Waals surface area contributed by atoms with Gasteiger partial charge in [0, 0.05) is 19.6 Å². The van der Waals surface area contributed by atoms with E-state index < -0.39 is 0 Å². The number of hydrogen-bond acceptors (Lipinski definition) is 4. The van der Waals surface area contributed by atoms with E-state index in [0.29, 0.717) is 36.9 Å². The molecule has 6 nitrogen and oxygen atoms in total. The molecule has 0 aliphatic heterocycles. The maximum absolute atomic E-state index is 12.5. The molecule has 0 fully saturated rings. The highest BCUT2D eigenvalue weighted by molar-refractivity contribution is 5.74. The number of nitrogens with one attached hydrogen (secondary N) is 1. The Hall–Kier alpha value is -2.89. The number of urea groups is 1. The number of carbonyl (C=O) groups is 1. The number of ether oxygens (including phenoxy) is 3. The second-order valence-electron chi connectivity index (χ2n) is 5.71. The van der Waals surface area contributed by atoms with Gasteiger partial charge in [0.05, 0.1) is 21.3 Å². The Morgan fingerprint density at radius 3 is 2.00 bits per heavy atom. The molecule has 2 aromatic rings. The van der Waals surface area contributed by atoms with Crippen molar-refractivity contribution in [1.82, 2.24) is 10.2 Å². The van der Waals surface area contributed by atoms with Crippen LogP contribution in [0.5, 0.6) is 17.2 Å². The lowest BCUT2D eigenvalue weighted by Gasteiger charge is -2.24. The van der Waals surface area contributed by atoms with Crippen molar-refractivity contribution in [2.45, 2.75) is 20.0 Å². The Balaban J connectivity index is 2.30. The minimum absolute atomic E-state index is 0.120. The Morgan fingerprint density at radius 2 is 1.50 bits per heavy atom. The maximum atomic E-state index is 12.5. The molecule has 2 aromatic carbocycles. The summed E-state index contributed by atoms with van der Waals surface area (Å²) in [5, 5.41) is 2.87. The normalized spacial score (nSPS) is 10.2. The fourth-order valence-corrected chi connectivity index (χ4v) is 2.71. The van der Waals surface area contributed by atoms with Gasteiger partial charge in [0.25, 0.3) is 0 Å². The Bertz CT molecular complexity index is 694. The van der Waals surface area contributed by atoms with Crippen LogP contribution in [0.25, 0.3) is 0 Å². The molecular formula is C20H26N2O4. The van der Waals surface area contributed by atoms with E-state index in [1.54, 1.807) is 26.2 Å². The van der Waals surface area contributed by atoms with Crippen molar-refractivity contribution in [3.8, 4) is 17.2 Å². The van der Waals surface area contributed by atoms with E-state index in [2.05, 4.69) is 5.32 Å². The highest BCUT2D eigenvalue weighted by Crippen LogP contribution is 2.38. The number of rotatable bonds is 8. The summed E-state index contributed by atoms with van der Waals surface area (Å²) in [6, 6.07) is 13.5. The molecule has 2 rings (SSSR count). The first-order chi connectivity index (χ1) is 12.6. The monoisotopic (exact) mass is 358 g/mol. The second kappa shape index (κ2) is 9.56. The number of carbonyl (C=O) groups excluding carboxylic acids is 1. The fraction of sp³-hybridized carbons (Fsp3) is 0.350. The highest BCUT2D eigenvalue weighted by Gasteiger charge is 2.18. The number of amides is 2. The molecule has 0 atom stereocenters. The van der Waals surface area contributed by atoms with E-state index >= 15 is 0 Å². The number of nitrogens with zero attached hydrogens (tertiary/aromatic N) is 1. The van der Waals surface area contributed by atoms with Crippen LogP contribution < -0.4 is 19.5 Å². The van der Waals surface area contributed by atoms with Gasteiger partial charge in [0.15, 0.2) is 11.5 Å². The van der Waals surface area contributed by atoms with Gasteiger partial charge < -0.3 is 24.4 Å². The third-order valence-electron chi connectivity index (χ3n) is 3.93. The minimum atomic E-state index is -0.120. The van der Waals surface area contributed by atoms with Crippen LogP contribution in [-0.4, -0.2) is 38.8 Å². The molecular weight excluding hydrogens is 332 g/mol. The molecule has 0 unspecified atom stereocenters. The number of methoxy groups -OCH3 is 3. The minimum Gasteiger partial charge on any atom is -0.493 e. The van der Waals surface area contributed by atoms with Crippen molar-refractivity contribution in [1.29, 1.82) is 0 Å². The molecule has 0 saturated carbocycles. The first-order valence-corrected chi connectivity index (χ1v) is 8.48. The Labute approximate surface area is 154 Å². The van der Waals surface area contributed by atoms with Crippen molar-refractivity contribution in [3.05, 3.63) is 53.6 Å². The zero-order valence-electron chi connectivity index (χ0n) is 15.7. The van der Waals surface area contributed by atoms with E-state index in [4.69, 9.17) is 14.2 Å². The van der Waals surface area contributed by atoms with Gasteiger partial charge in [0.1, 0.15) is 0 Å². The molecule has 2 amide bonds. The zero-order valence-corrected chi connectivity index (χ0v) is 15.7. The average molecular weight is 358 g/mol. The second-order valence-corrected chi connectivity index (χ2v) is 5.71. The van der Waals surface area contributed by atoms with E-state index in [0.717, 1.165) is 11.1 Å². The van der Waals surface area contributed by atoms with Crippen LogP contribution >= 0.6 is 0 Å². The third kappa shape index (κ3) is 4.81.